The van der Waals surface area contributed by atoms with Crippen LogP contribution in [0.3, 0.4) is 0 Å². The Hall–Kier alpha value is -3.83. The van der Waals surface area contributed by atoms with Crippen LogP contribution >= 0.6 is 0 Å². The first kappa shape index (κ1) is 17.0. The summed E-state index contributed by atoms with van der Waals surface area (Å²) in [5, 5.41) is 24.9. The van der Waals surface area contributed by atoms with Crippen LogP contribution in [0.15, 0.2) is 29.3 Å². The lowest BCUT2D eigenvalue weighted by Gasteiger charge is -2.08. The number of hydrogen-bond donors (Lipinski definition) is 3. The molecule has 0 saturated carbocycles. The van der Waals surface area contributed by atoms with E-state index in [0.29, 0.717) is 17.7 Å². The van der Waals surface area contributed by atoms with Crippen LogP contribution in [-0.4, -0.2) is 46.9 Å². The maximum atomic E-state index is 12.3. The summed E-state index contributed by atoms with van der Waals surface area (Å²) in [4.78, 5) is 39.3. The van der Waals surface area contributed by atoms with Gasteiger partial charge in [0, 0.05) is 12.2 Å². The fraction of sp³-hybridized carbons (Fsp3) is 0.214. The maximum absolute atomic E-state index is 12.3. The number of nitrogens with one attached hydrogen (secondary N) is 2. The Morgan fingerprint density at radius 2 is 2.08 bits per heavy atom. The molecule has 0 aliphatic heterocycles. The van der Waals surface area contributed by atoms with Crippen molar-refractivity contribution in [2.45, 2.75) is 20.0 Å². The van der Waals surface area contributed by atoms with E-state index in [9.17, 15) is 14.4 Å². The van der Waals surface area contributed by atoms with Gasteiger partial charge in [-0.25, -0.2) is 14.5 Å². The molecule has 3 N–H and O–H groups in total. The normalized spacial score (nSPS) is 10.7. The third-order valence-electron chi connectivity index (χ3n) is 3.44. The third-order valence-corrected chi connectivity index (χ3v) is 3.44. The Morgan fingerprint density at radius 1 is 1.27 bits per heavy atom. The number of aliphatic carboxylic acids is 1. The molecule has 2 heterocycles. The van der Waals surface area contributed by atoms with Gasteiger partial charge in [0.2, 0.25) is 0 Å². The van der Waals surface area contributed by atoms with Crippen LogP contribution in [0, 0.1) is 0 Å². The fourth-order valence-corrected chi connectivity index (χ4v) is 2.27. The quantitative estimate of drug-likeness (QED) is 0.581. The van der Waals surface area contributed by atoms with Gasteiger partial charge in [0.25, 0.3) is 11.5 Å². The van der Waals surface area contributed by atoms with Crippen LogP contribution in [0.2, 0.25) is 0 Å². The van der Waals surface area contributed by atoms with E-state index >= 15 is 0 Å². The number of rotatable bonds is 5. The van der Waals surface area contributed by atoms with Gasteiger partial charge >= 0.3 is 12.0 Å². The summed E-state index contributed by atoms with van der Waals surface area (Å²) in [6.45, 7) is 1.80. The predicted molar refractivity (Wildman–Crippen MR) is 89.8 cm³/mol. The van der Waals surface area contributed by atoms with E-state index in [4.69, 9.17) is 5.11 Å². The number of urea groups is 1. The minimum atomic E-state index is -1.16. The Bertz CT molecular complexity index is 1040. The lowest BCUT2D eigenvalue weighted by atomic mass is 10.2. The first-order valence-electron chi connectivity index (χ1n) is 7.53. The summed E-state index contributed by atoms with van der Waals surface area (Å²) in [7, 11) is 0. The molecule has 0 aliphatic rings. The highest BCUT2D eigenvalue weighted by Crippen LogP contribution is 2.14. The van der Waals surface area contributed by atoms with Crippen molar-refractivity contribution in [2.24, 2.45) is 0 Å². The number of anilines is 2. The minimum absolute atomic E-state index is 0.177. The van der Waals surface area contributed by atoms with Gasteiger partial charge in [0.15, 0.2) is 0 Å². The molecule has 0 unspecified atom stereocenters. The van der Waals surface area contributed by atoms with Gasteiger partial charge in [-0.3, -0.25) is 19.5 Å². The van der Waals surface area contributed by atoms with Crippen LogP contribution in [0.25, 0.3) is 10.9 Å². The summed E-state index contributed by atoms with van der Waals surface area (Å²) in [6.07, 6.45) is 1.17. The highest BCUT2D eigenvalue weighted by Gasteiger charge is 2.11. The van der Waals surface area contributed by atoms with E-state index in [1.54, 1.807) is 12.1 Å². The number of carboxylic acid groups (broad SMARTS) is 1. The molecular formula is C14H14N8O4. The fourth-order valence-electron chi connectivity index (χ4n) is 2.27. The van der Waals surface area contributed by atoms with Gasteiger partial charge in [0.1, 0.15) is 6.54 Å². The largest absolute Gasteiger partial charge is 0.480 e. The topological polar surface area (TPSA) is 157 Å². The number of aryl methyl sites for hydroxylation is 1. The van der Waals surface area contributed by atoms with E-state index in [0.717, 1.165) is 4.57 Å². The number of amides is 2. The molecule has 0 spiro atoms. The summed E-state index contributed by atoms with van der Waals surface area (Å²) in [5.74, 6) is -0.980. The molecular weight excluding hydrogens is 344 g/mol. The van der Waals surface area contributed by atoms with E-state index in [1.807, 2.05) is 6.92 Å². The number of hydrogen-bond acceptors (Lipinski definition) is 7. The molecule has 12 heteroatoms. The summed E-state index contributed by atoms with van der Waals surface area (Å²) >= 11 is 0. The molecule has 26 heavy (non-hydrogen) atoms. The second-order valence-electron chi connectivity index (χ2n) is 5.20. The highest BCUT2D eigenvalue weighted by atomic mass is 16.4. The molecule has 12 nitrogen and oxygen atoms in total. The molecule has 0 bridgehead atoms. The zero-order valence-corrected chi connectivity index (χ0v) is 13.6. The third kappa shape index (κ3) is 3.48. The average Bonchev–Trinajstić information content (AvgIpc) is 3.04. The zero-order valence-electron chi connectivity index (χ0n) is 13.6. The van der Waals surface area contributed by atoms with Gasteiger partial charge in [-0.1, -0.05) is 5.10 Å². The number of carbonyl (C=O) groups is 2. The van der Waals surface area contributed by atoms with E-state index in [1.165, 1.54) is 17.1 Å². The number of nitrogens with zero attached hydrogens (tertiary/aromatic N) is 6. The minimum Gasteiger partial charge on any atom is -0.480 e. The number of aromatic nitrogens is 6. The van der Waals surface area contributed by atoms with Crippen molar-refractivity contribution >= 4 is 34.5 Å². The number of tetrazole rings is 1. The Morgan fingerprint density at radius 3 is 2.81 bits per heavy atom. The van der Waals surface area contributed by atoms with Crippen molar-refractivity contribution in [3.63, 3.8) is 0 Å². The second-order valence-corrected chi connectivity index (χ2v) is 5.20. The lowest BCUT2D eigenvalue weighted by molar-refractivity contribution is -0.137. The molecule has 0 radical (unpaired) electrons. The summed E-state index contributed by atoms with van der Waals surface area (Å²) < 4.78 is 2.37. The van der Waals surface area contributed by atoms with Crippen LogP contribution < -0.4 is 16.2 Å². The second kappa shape index (κ2) is 6.96. The monoisotopic (exact) mass is 358 g/mol. The molecule has 0 aliphatic carbocycles. The van der Waals surface area contributed by atoms with Gasteiger partial charge < -0.3 is 10.4 Å². The molecule has 2 aromatic heterocycles. The number of fused-ring (bicyclic) bond motifs is 1. The van der Waals surface area contributed by atoms with E-state index < -0.39 is 24.1 Å². The van der Waals surface area contributed by atoms with E-state index in [-0.39, 0.29) is 11.3 Å². The SMILES string of the molecule is CCn1nnnc1NC(=O)Nc1ccc2ncn(CC(=O)O)c(=O)c2c1. The lowest BCUT2D eigenvalue weighted by Crippen LogP contribution is -2.25. The zero-order chi connectivity index (χ0) is 18.7. The van der Waals surface area contributed by atoms with Gasteiger partial charge in [0.05, 0.1) is 17.2 Å². The molecule has 3 aromatic rings. The van der Waals surface area contributed by atoms with Crippen molar-refractivity contribution in [1.29, 1.82) is 0 Å². The van der Waals surface area contributed by atoms with Crippen molar-refractivity contribution in [1.82, 2.24) is 29.8 Å². The van der Waals surface area contributed by atoms with Crippen LogP contribution in [-0.2, 0) is 17.9 Å². The first-order valence-corrected chi connectivity index (χ1v) is 7.53. The maximum Gasteiger partial charge on any atom is 0.326 e. The number of carboxylic acids is 1. The molecule has 3 rings (SSSR count). The molecule has 2 amide bonds. The summed E-state index contributed by atoms with van der Waals surface area (Å²) in [5.41, 5.74) is 0.200. The van der Waals surface area contributed by atoms with Gasteiger partial charge in [-0.05, 0) is 35.5 Å². The predicted octanol–water partition coefficient (Wildman–Crippen LogP) is 0.131. The van der Waals surface area contributed by atoms with Crippen LogP contribution in [0.4, 0.5) is 16.4 Å². The Labute approximate surface area is 145 Å². The smallest absolute Gasteiger partial charge is 0.326 e. The van der Waals surface area contributed by atoms with Crippen molar-refractivity contribution in [2.75, 3.05) is 10.6 Å². The van der Waals surface area contributed by atoms with E-state index in [2.05, 4.69) is 31.1 Å². The standard InChI is InChI=1S/C14H14N8O4/c1-2-22-13(18-19-20-22)17-14(26)16-8-3-4-10-9(5-8)12(25)21(7-15-10)6-11(23)24/h3-5,7H,2,6H2,1H3,(H,23,24)(H2,16,17,18,20,26). The molecule has 1 aromatic carbocycles. The molecule has 0 fully saturated rings. The highest BCUT2D eigenvalue weighted by molar-refractivity contribution is 5.99. The molecule has 0 saturated heterocycles. The van der Waals surface area contributed by atoms with Crippen LogP contribution in [0.1, 0.15) is 6.92 Å². The Kier molecular flexibility index (Phi) is 4.55. The average molecular weight is 358 g/mol. The molecule has 134 valence electrons. The number of carbonyl (C=O) groups excluding carboxylic acids is 1. The molecule has 0 atom stereocenters. The van der Waals surface area contributed by atoms with Crippen molar-refractivity contribution in [3.05, 3.63) is 34.9 Å². The van der Waals surface area contributed by atoms with Crippen molar-refractivity contribution in [3.8, 4) is 0 Å². The van der Waals surface area contributed by atoms with Gasteiger partial charge in [-0.15, -0.1) is 0 Å². The number of benzene rings is 1. The van der Waals surface area contributed by atoms with Crippen LogP contribution in [0.5, 0.6) is 0 Å². The Balaban J connectivity index is 1.84. The first-order chi connectivity index (χ1) is 12.5. The summed E-state index contributed by atoms with van der Waals surface area (Å²) in [6, 6.07) is 3.95. The van der Waals surface area contributed by atoms with Gasteiger partial charge in [-0.2, -0.15) is 0 Å². The van der Waals surface area contributed by atoms with Crippen molar-refractivity contribution < 1.29 is 14.7 Å².